The third kappa shape index (κ3) is 4.56. The van der Waals surface area contributed by atoms with Crippen molar-refractivity contribution in [3.63, 3.8) is 0 Å². The van der Waals surface area contributed by atoms with Crippen LogP contribution in [0.15, 0.2) is 35.5 Å². The highest BCUT2D eigenvalue weighted by Gasteiger charge is 2.24. The number of aromatic nitrogens is 2. The number of carbonyl (C=O) groups excluding carboxylic acids is 1. The summed E-state index contributed by atoms with van der Waals surface area (Å²) >= 11 is 0. The van der Waals surface area contributed by atoms with E-state index in [-0.39, 0.29) is 13.4 Å². The number of hydrogen-bond acceptors (Lipinski definition) is 7. The largest absolute Gasteiger partial charge is 0.361 e. The molecule has 1 aliphatic carbocycles. The highest BCUT2D eigenvalue weighted by Crippen LogP contribution is 2.26. The molecule has 1 aromatic heterocycles. The van der Waals surface area contributed by atoms with Crippen molar-refractivity contribution in [3.8, 4) is 0 Å². The average molecular weight is 419 g/mol. The van der Waals surface area contributed by atoms with Crippen molar-refractivity contribution in [1.82, 2.24) is 14.9 Å². The Hall–Kier alpha value is -2.52. The third-order valence-electron chi connectivity index (χ3n) is 5.27. The fourth-order valence-corrected chi connectivity index (χ4v) is 4.38. The lowest BCUT2D eigenvalue weighted by molar-refractivity contribution is 0.0368. The molecule has 2 aliphatic rings. The molecular weight excluding hydrogens is 392 g/mol. The van der Waals surface area contributed by atoms with Gasteiger partial charge in [0, 0.05) is 39.3 Å². The second-order valence-corrected chi connectivity index (χ2v) is 9.58. The molecule has 1 N–H and O–H groups in total. The lowest BCUT2D eigenvalue weighted by Crippen LogP contribution is -2.33. The van der Waals surface area contributed by atoms with E-state index < -0.39 is 9.84 Å². The first-order valence-electron chi connectivity index (χ1n) is 9.67. The summed E-state index contributed by atoms with van der Waals surface area (Å²) in [4.78, 5) is 23.2. The van der Waals surface area contributed by atoms with Crippen LogP contribution in [0.1, 0.15) is 35.8 Å². The van der Waals surface area contributed by atoms with E-state index in [0.717, 1.165) is 30.4 Å². The summed E-state index contributed by atoms with van der Waals surface area (Å²) in [7, 11) is -3.22. The number of rotatable bonds is 4. The van der Waals surface area contributed by atoms with Crippen molar-refractivity contribution < 1.29 is 19.4 Å². The molecule has 29 heavy (non-hydrogen) atoms. The van der Waals surface area contributed by atoms with Crippen molar-refractivity contribution in [1.29, 1.82) is 0 Å². The topological polar surface area (TPSA) is 101 Å². The van der Waals surface area contributed by atoms with Gasteiger partial charge in [0.25, 0.3) is 5.91 Å². The molecule has 0 saturated carbocycles. The van der Waals surface area contributed by atoms with E-state index >= 15 is 0 Å². The molecule has 2 aromatic rings. The van der Waals surface area contributed by atoms with Crippen LogP contribution in [0.25, 0.3) is 0 Å². The SMILES string of the molecule is CS(=O)(=O)c1ccc2c(c1)CC(Nc1ncc(C(=O)N3CCCCOC3)cn1)C2.[HH]. The van der Waals surface area contributed by atoms with Gasteiger partial charge in [-0.1, -0.05) is 6.07 Å². The molecule has 1 saturated heterocycles. The summed E-state index contributed by atoms with van der Waals surface area (Å²) in [5, 5.41) is 3.28. The number of sulfone groups is 1. The van der Waals surface area contributed by atoms with Gasteiger partial charge in [0.2, 0.25) is 5.95 Å². The maximum absolute atomic E-state index is 12.6. The highest BCUT2D eigenvalue weighted by atomic mass is 32.2. The summed E-state index contributed by atoms with van der Waals surface area (Å²) in [5.41, 5.74) is 2.59. The molecule has 4 rings (SSSR count). The highest BCUT2D eigenvalue weighted by molar-refractivity contribution is 7.90. The normalized spacial score (nSPS) is 19.5. The van der Waals surface area contributed by atoms with E-state index in [0.29, 0.717) is 42.7 Å². The standard InChI is InChI=1S/C20H24N4O4S.H2/c1-29(26,27)18-5-4-14-8-17(9-15(14)10-18)23-20-21-11-16(12-22-20)19(25)24-6-2-3-7-28-13-24;/h4-5,10-12,17H,2-3,6-9,13H2,1H3,(H,21,22,23);1H. The Kier molecular flexibility index (Phi) is 5.51. The first-order chi connectivity index (χ1) is 13.9. The minimum Gasteiger partial charge on any atom is -0.361 e. The molecule has 0 radical (unpaired) electrons. The van der Waals surface area contributed by atoms with Crippen LogP contribution >= 0.6 is 0 Å². The van der Waals surface area contributed by atoms with Gasteiger partial charge in [-0.25, -0.2) is 18.4 Å². The Bertz CT molecular complexity index is 1010. The molecule has 1 fully saturated rings. The molecule has 1 unspecified atom stereocenters. The quantitative estimate of drug-likeness (QED) is 0.809. The molecule has 1 atom stereocenters. The van der Waals surface area contributed by atoms with Crippen LogP contribution in [-0.2, 0) is 27.4 Å². The summed E-state index contributed by atoms with van der Waals surface area (Å²) in [6, 6.07) is 5.36. The molecule has 1 aromatic carbocycles. The third-order valence-corrected chi connectivity index (χ3v) is 6.38. The number of fused-ring (bicyclic) bond motifs is 1. The predicted molar refractivity (Wildman–Crippen MR) is 110 cm³/mol. The van der Waals surface area contributed by atoms with Crippen LogP contribution < -0.4 is 5.32 Å². The van der Waals surface area contributed by atoms with Gasteiger partial charge < -0.3 is 15.0 Å². The lowest BCUT2D eigenvalue weighted by Gasteiger charge is -2.19. The van der Waals surface area contributed by atoms with Gasteiger partial charge in [0.05, 0.1) is 10.5 Å². The van der Waals surface area contributed by atoms with Crippen LogP contribution in [0.5, 0.6) is 0 Å². The van der Waals surface area contributed by atoms with Crippen LogP contribution in [0.3, 0.4) is 0 Å². The Balaban J connectivity index is 0.00000256. The molecule has 1 aliphatic heterocycles. The van der Waals surface area contributed by atoms with E-state index in [1.807, 2.05) is 6.07 Å². The van der Waals surface area contributed by atoms with Crippen molar-refractivity contribution in [2.24, 2.45) is 0 Å². The monoisotopic (exact) mass is 418 g/mol. The van der Waals surface area contributed by atoms with Crippen LogP contribution in [0, 0.1) is 0 Å². The average Bonchev–Trinajstić information content (AvgIpc) is 2.90. The maximum atomic E-state index is 12.6. The van der Waals surface area contributed by atoms with Gasteiger partial charge in [-0.05, 0) is 48.9 Å². The summed E-state index contributed by atoms with van der Waals surface area (Å²) in [6.07, 6.45) is 7.64. The Morgan fingerprint density at radius 1 is 1.21 bits per heavy atom. The number of amides is 1. The van der Waals surface area contributed by atoms with E-state index in [1.54, 1.807) is 17.0 Å². The second-order valence-electron chi connectivity index (χ2n) is 7.56. The zero-order valence-corrected chi connectivity index (χ0v) is 17.1. The van der Waals surface area contributed by atoms with Crippen molar-refractivity contribution in [3.05, 3.63) is 47.3 Å². The van der Waals surface area contributed by atoms with Crippen LogP contribution in [0.2, 0.25) is 0 Å². The first-order valence-corrected chi connectivity index (χ1v) is 11.6. The molecule has 156 valence electrons. The zero-order valence-electron chi connectivity index (χ0n) is 16.3. The Morgan fingerprint density at radius 3 is 2.72 bits per heavy atom. The van der Waals surface area contributed by atoms with Crippen molar-refractivity contribution >= 4 is 21.7 Å². The van der Waals surface area contributed by atoms with Gasteiger partial charge in [-0.3, -0.25) is 4.79 Å². The molecule has 0 spiro atoms. The van der Waals surface area contributed by atoms with Gasteiger partial charge in [-0.2, -0.15) is 0 Å². The Morgan fingerprint density at radius 2 is 1.97 bits per heavy atom. The fraction of sp³-hybridized carbons (Fsp3) is 0.450. The molecule has 9 heteroatoms. The number of carbonyl (C=O) groups is 1. The second kappa shape index (κ2) is 8.08. The van der Waals surface area contributed by atoms with E-state index in [1.165, 1.54) is 18.6 Å². The number of nitrogens with one attached hydrogen (secondary N) is 1. The molecule has 0 bridgehead atoms. The number of ether oxygens (including phenoxy) is 1. The summed E-state index contributed by atoms with van der Waals surface area (Å²) in [5.74, 6) is 0.329. The number of hydrogen-bond donors (Lipinski definition) is 1. The minimum absolute atomic E-state index is 0. The van der Waals surface area contributed by atoms with Gasteiger partial charge >= 0.3 is 0 Å². The van der Waals surface area contributed by atoms with Gasteiger partial charge in [-0.15, -0.1) is 0 Å². The molecule has 2 heterocycles. The molecular formula is C20H26N4O4S. The number of nitrogens with zero attached hydrogens (tertiary/aromatic N) is 3. The zero-order chi connectivity index (χ0) is 20.4. The Labute approximate surface area is 171 Å². The van der Waals surface area contributed by atoms with E-state index in [4.69, 9.17) is 4.74 Å². The van der Waals surface area contributed by atoms with Gasteiger partial charge in [0.15, 0.2) is 9.84 Å². The van der Waals surface area contributed by atoms with Crippen molar-refractivity contribution in [2.75, 3.05) is 31.5 Å². The number of anilines is 1. The van der Waals surface area contributed by atoms with E-state index in [9.17, 15) is 13.2 Å². The number of benzene rings is 1. The molecule has 1 amide bonds. The van der Waals surface area contributed by atoms with Crippen LogP contribution in [-0.4, -0.2) is 61.4 Å². The minimum atomic E-state index is -3.22. The summed E-state index contributed by atoms with van der Waals surface area (Å²) in [6.45, 7) is 1.65. The lowest BCUT2D eigenvalue weighted by atomic mass is 10.1. The maximum Gasteiger partial charge on any atom is 0.258 e. The fourth-order valence-electron chi connectivity index (χ4n) is 3.71. The molecule has 8 nitrogen and oxygen atoms in total. The van der Waals surface area contributed by atoms with Crippen LogP contribution in [0.4, 0.5) is 5.95 Å². The van der Waals surface area contributed by atoms with Gasteiger partial charge in [0.1, 0.15) is 6.73 Å². The smallest absolute Gasteiger partial charge is 0.258 e. The van der Waals surface area contributed by atoms with E-state index in [2.05, 4.69) is 15.3 Å². The predicted octanol–water partition coefficient (Wildman–Crippen LogP) is 1.92. The first kappa shape index (κ1) is 19.8. The summed E-state index contributed by atoms with van der Waals surface area (Å²) < 4.78 is 28.9. The van der Waals surface area contributed by atoms with Crippen molar-refractivity contribution in [2.45, 2.75) is 36.6 Å².